The van der Waals surface area contributed by atoms with E-state index in [-0.39, 0.29) is 17.8 Å². The van der Waals surface area contributed by atoms with E-state index in [1.165, 1.54) is 13.2 Å². The molecule has 1 unspecified atom stereocenters. The van der Waals surface area contributed by atoms with E-state index in [9.17, 15) is 9.18 Å². The van der Waals surface area contributed by atoms with Gasteiger partial charge in [-0.2, -0.15) is 0 Å². The molecule has 0 spiro atoms. The average molecular weight is 332 g/mol. The number of methoxy groups -OCH3 is 1. The molecular weight excluding hydrogens is 313 g/mol. The van der Waals surface area contributed by atoms with Crippen molar-refractivity contribution < 1.29 is 13.9 Å². The Balaban J connectivity index is 2.64. The molecule has 0 amide bonds. The largest absolute Gasteiger partial charge is 0.468 e. The molecule has 0 aliphatic carbocycles. The van der Waals surface area contributed by atoms with Crippen LogP contribution in [0.1, 0.15) is 25.8 Å². The summed E-state index contributed by atoms with van der Waals surface area (Å²) in [4.78, 5) is 11.6. The summed E-state index contributed by atoms with van der Waals surface area (Å²) in [5, 5.41) is 3.15. The molecule has 5 heteroatoms. The highest BCUT2D eigenvalue weighted by Gasteiger charge is 2.19. The van der Waals surface area contributed by atoms with Gasteiger partial charge in [0.25, 0.3) is 0 Å². The number of esters is 1. The van der Waals surface area contributed by atoms with Gasteiger partial charge in [0, 0.05) is 6.54 Å². The van der Waals surface area contributed by atoms with Crippen LogP contribution in [0.15, 0.2) is 22.7 Å². The molecule has 0 fully saturated rings. The molecule has 3 nitrogen and oxygen atoms in total. The van der Waals surface area contributed by atoms with Crippen LogP contribution in [-0.4, -0.2) is 19.1 Å². The van der Waals surface area contributed by atoms with Gasteiger partial charge in [-0.1, -0.05) is 19.9 Å². The monoisotopic (exact) mass is 331 g/mol. The number of benzene rings is 1. The van der Waals surface area contributed by atoms with Gasteiger partial charge in [-0.3, -0.25) is 4.79 Å². The molecule has 0 saturated carbocycles. The molecule has 0 aromatic heterocycles. The molecule has 19 heavy (non-hydrogen) atoms. The van der Waals surface area contributed by atoms with Gasteiger partial charge >= 0.3 is 5.97 Å². The van der Waals surface area contributed by atoms with Crippen molar-refractivity contribution in [3.63, 3.8) is 0 Å². The van der Waals surface area contributed by atoms with Crippen LogP contribution in [-0.2, 0) is 16.1 Å². The van der Waals surface area contributed by atoms with E-state index in [2.05, 4.69) is 21.2 Å². The van der Waals surface area contributed by atoms with Gasteiger partial charge in [-0.05, 0) is 46.0 Å². The maximum atomic E-state index is 13.1. The number of rotatable bonds is 6. The fourth-order valence-electron chi connectivity index (χ4n) is 1.77. The van der Waals surface area contributed by atoms with Gasteiger partial charge < -0.3 is 10.1 Å². The van der Waals surface area contributed by atoms with Crippen LogP contribution in [0.3, 0.4) is 0 Å². The quantitative estimate of drug-likeness (QED) is 0.813. The van der Waals surface area contributed by atoms with E-state index in [1.54, 1.807) is 12.1 Å². The van der Waals surface area contributed by atoms with Crippen molar-refractivity contribution in [1.29, 1.82) is 0 Å². The molecule has 0 aliphatic heterocycles. The minimum atomic E-state index is -0.339. The third kappa shape index (κ3) is 5.28. The van der Waals surface area contributed by atoms with Crippen LogP contribution in [0.4, 0.5) is 4.39 Å². The van der Waals surface area contributed by atoms with Crippen LogP contribution >= 0.6 is 15.9 Å². The van der Waals surface area contributed by atoms with Crippen molar-refractivity contribution in [3.05, 3.63) is 34.1 Å². The second-order valence-electron chi connectivity index (χ2n) is 4.83. The third-order valence-electron chi connectivity index (χ3n) is 2.73. The summed E-state index contributed by atoms with van der Waals surface area (Å²) in [6.07, 6.45) is 0.703. The van der Waals surface area contributed by atoms with E-state index in [4.69, 9.17) is 4.74 Å². The first kappa shape index (κ1) is 16.1. The Bertz CT molecular complexity index is 437. The number of carbonyl (C=O) groups is 1. The van der Waals surface area contributed by atoms with E-state index < -0.39 is 0 Å². The normalized spacial score (nSPS) is 12.5. The molecule has 0 heterocycles. The van der Waals surface area contributed by atoms with Crippen molar-refractivity contribution in [1.82, 2.24) is 5.32 Å². The van der Waals surface area contributed by atoms with E-state index in [0.717, 1.165) is 5.56 Å². The predicted molar refractivity (Wildman–Crippen MR) is 76.2 cm³/mol. The number of ether oxygens (including phenoxy) is 1. The van der Waals surface area contributed by atoms with Crippen LogP contribution < -0.4 is 5.32 Å². The number of carbonyl (C=O) groups excluding carboxylic acids is 1. The molecule has 1 N–H and O–H groups in total. The second-order valence-corrected chi connectivity index (χ2v) is 5.69. The molecule has 0 bridgehead atoms. The molecule has 1 aromatic rings. The molecule has 0 radical (unpaired) electrons. The van der Waals surface area contributed by atoms with Gasteiger partial charge in [0.1, 0.15) is 11.9 Å². The number of nitrogens with one attached hydrogen (secondary N) is 1. The summed E-state index contributed by atoms with van der Waals surface area (Å²) in [6, 6.07) is 4.45. The fourth-order valence-corrected chi connectivity index (χ4v) is 2.19. The van der Waals surface area contributed by atoms with Crippen LogP contribution in [0.5, 0.6) is 0 Å². The number of hydrogen-bond acceptors (Lipinski definition) is 3. The zero-order valence-corrected chi connectivity index (χ0v) is 13.0. The topological polar surface area (TPSA) is 38.3 Å². The van der Waals surface area contributed by atoms with Gasteiger partial charge in [0.05, 0.1) is 11.6 Å². The highest BCUT2D eigenvalue weighted by molar-refractivity contribution is 9.10. The molecule has 1 atom stereocenters. The van der Waals surface area contributed by atoms with Crippen molar-refractivity contribution in [2.45, 2.75) is 32.9 Å². The average Bonchev–Trinajstić information content (AvgIpc) is 2.37. The van der Waals surface area contributed by atoms with Gasteiger partial charge in [0.2, 0.25) is 0 Å². The summed E-state index contributed by atoms with van der Waals surface area (Å²) in [5.74, 6) is -0.179. The third-order valence-corrected chi connectivity index (χ3v) is 3.34. The van der Waals surface area contributed by atoms with E-state index in [1.807, 2.05) is 13.8 Å². The summed E-state index contributed by atoms with van der Waals surface area (Å²) in [6.45, 7) is 4.59. The Morgan fingerprint density at radius 2 is 2.16 bits per heavy atom. The smallest absolute Gasteiger partial charge is 0.322 e. The van der Waals surface area contributed by atoms with Crippen LogP contribution in [0.25, 0.3) is 0 Å². The maximum Gasteiger partial charge on any atom is 0.322 e. The van der Waals surface area contributed by atoms with Crippen molar-refractivity contribution in [3.8, 4) is 0 Å². The maximum absolute atomic E-state index is 13.1. The standard InChI is InChI=1S/C14H19BrFNO2/c1-9(2)6-13(14(18)19-3)17-8-10-4-5-12(16)11(15)7-10/h4-5,7,9,13,17H,6,8H2,1-3H3. The van der Waals surface area contributed by atoms with E-state index >= 15 is 0 Å². The Kier molecular flexibility index (Phi) is 6.45. The Labute approximate surface area is 121 Å². The SMILES string of the molecule is COC(=O)C(CC(C)C)NCc1ccc(F)c(Br)c1. The van der Waals surface area contributed by atoms with Gasteiger partial charge in [0.15, 0.2) is 0 Å². The Hall–Kier alpha value is -0.940. The highest BCUT2D eigenvalue weighted by Crippen LogP contribution is 2.17. The summed E-state index contributed by atoms with van der Waals surface area (Å²) in [7, 11) is 1.38. The minimum Gasteiger partial charge on any atom is -0.468 e. The number of halogens is 2. The second kappa shape index (κ2) is 7.60. The van der Waals surface area contributed by atoms with Crippen LogP contribution in [0, 0.1) is 11.7 Å². The first-order chi connectivity index (χ1) is 8.93. The highest BCUT2D eigenvalue weighted by atomic mass is 79.9. The summed E-state index contributed by atoms with van der Waals surface area (Å²) >= 11 is 3.14. The summed E-state index contributed by atoms with van der Waals surface area (Å²) < 4.78 is 18.3. The van der Waals surface area contributed by atoms with Gasteiger partial charge in [-0.15, -0.1) is 0 Å². The minimum absolute atomic E-state index is 0.269. The predicted octanol–water partition coefficient (Wildman–Crippen LogP) is 3.27. The molecule has 0 saturated heterocycles. The van der Waals surface area contributed by atoms with Crippen molar-refractivity contribution in [2.24, 2.45) is 5.92 Å². The lowest BCUT2D eigenvalue weighted by molar-refractivity contribution is -0.143. The molecular formula is C14H19BrFNO2. The van der Waals surface area contributed by atoms with Gasteiger partial charge in [-0.25, -0.2) is 4.39 Å². The lowest BCUT2D eigenvalue weighted by atomic mass is 10.0. The lowest BCUT2D eigenvalue weighted by Gasteiger charge is -2.18. The Morgan fingerprint density at radius 3 is 2.68 bits per heavy atom. The molecule has 106 valence electrons. The molecule has 0 aliphatic rings. The zero-order chi connectivity index (χ0) is 14.4. The first-order valence-electron chi connectivity index (χ1n) is 6.19. The number of hydrogen-bond donors (Lipinski definition) is 1. The van der Waals surface area contributed by atoms with Crippen molar-refractivity contribution >= 4 is 21.9 Å². The molecule has 1 aromatic carbocycles. The van der Waals surface area contributed by atoms with E-state index in [0.29, 0.717) is 23.4 Å². The lowest BCUT2D eigenvalue weighted by Crippen LogP contribution is -2.38. The Morgan fingerprint density at radius 1 is 1.47 bits per heavy atom. The van der Waals surface area contributed by atoms with Crippen LogP contribution in [0.2, 0.25) is 0 Å². The zero-order valence-electron chi connectivity index (χ0n) is 11.4. The fraction of sp³-hybridized carbons (Fsp3) is 0.500. The molecule has 1 rings (SSSR count). The summed E-state index contributed by atoms with van der Waals surface area (Å²) in [5.41, 5.74) is 0.908. The van der Waals surface area contributed by atoms with Crippen molar-refractivity contribution in [2.75, 3.05) is 7.11 Å². The first-order valence-corrected chi connectivity index (χ1v) is 6.98.